The van der Waals surface area contributed by atoms with E-state index in [1.807, 2.05) is 13.8 Å². The van der Waals surface area contributed by atoms with E-state index >= 15 is 0 Å². The van der Waals surface area contributed by atoms with Crippen molar-refractivity contribution in [3.05, 3.63) is 11.6 Å². The molecule has 0 bridgehead atoms. The molecule has 4 rings (SSSR count). The second kappa shape index (κ2) is 5.96. The quantitative estimate of drug-likeness (QED) is 0.564. The van der Waals surface area contributed by atoms with Crippen molar-refractivity contribution < 1.29 is 30.0 Å². The molecule has 0 heterocycles. The molecule has 4 aliphatic rings. The molecule has 0 unspecified atom stereocenters. The highest BCUT2D eigenvalue weighted by atomic mass is 16.3. The first-order valence-corrected chi connectivity index (χ1v) is 10.1. The molecule has 0 aromatic rings. The molecule has 150 valence electrons. The van der Waals surface area contributed by atoms with Crippen LogP contribution in [0.15, 0.2) is 11.6 Å². The van der Waals surface area contributed by atoms with Gasteiger partial charge in [-0.05, 0) is 66.9 Å². The molecule has 0 aromatic heterocycles. The fraction of sp³-hybridized carbons (Fsp3) is 0.810. The first-order chi connectivity index (χ1) is 12.6. The van der Waals surface area contributed by atoms with Gasteiger partial charge in [-0.1, -0.05) is 13.8 Å². The van der Waals surface area contributed by atoms with Crippen molar-refractivity contribution in [2.75, 3.05) is 6.61 Å². The Hall–Kier alpha value is -1.08. The highest BCUT2D eigenvalue weighted by Crippen LogP contribution is 2.67. The Kier molecular flexibility index (Phi) is 4.25. The van der Waals surface area contributed by atoms with E-state index in [0.29, 0.717) is 25.7 Å². The second-order valence-electron chi connectivity index (χ2n) is 9.70. The van der Waals surface area contributed by atoms with Crippen LogP contribution in [0.2, 0.25) is 0 Å². The van der Waals surface area contributed by atoms with Crippen LogP contribution in [0.4, 0.5) is 0 Å². The molecule has 0 aliphatic heterocycles. The van der Waals surface area contributed by atoms with Crippen LogP contribution in [-0.4, -0.2) is 56.4 Å². The van der Waals surface area contributed by atoms with Gasteiger partial charge in [0.05, 0.1) is 12.2 Å². The summed E-state index contributed by atoms with van der Waals surface area (Å²) < 4.78 is 0. The fourth-order valence-corrected chi connectivity index (χ4v) is 7.33. The smallest absolute Gasteiger partial charge is 0.190 e. The van der Waals surface area contributed by atoms with E-state index in [2.05, 4.69) is 0 Å². The Morgan fingerprint density at radius 2 is 1.96 bits per heavy atom. The van der Waals surface area contributed by atoms with Gasteiger partial charge in [0.25, 0.3) is 0 Å². The Bertz CT molecular complexity index is 715. The van der Waals surface area contributed by atoms with Gasteiger partial charge in [0, 0.05) is 11.8 Å². The topological polar surface area (TPSA) is 115 Å². The number of aliphatic hydroxyl groups is 4. The predicted molar refractivity (Wildman–Crippen MR) is 96.5 cm³/mol. The zero-order valence-corrected chi connectivity index (χ0v) is 16.0. The fourth-order valence-electron chi connectivity index (χ4n) is 7.33. The molecule has 3 fully saturated rings. The minimum atomic E-state index is -1.64. The third-order valence-corrected chi connectivity index (χ3v) is 8.67. The second-order valence-corrected chi connectivity index (χ2v) is 9.70. The monoisotopic (exact) mass is 378 g/mol. The number of fused-ring (bicyclic) bond motifs is 5. The first-order valence-electron chi connectivity index (χ1n) is 10.1. The molecule has 4 aliphatic carbocycles. The molecule has 6 nitrogen and oxygen atoms in total. The van der Waals surface area contributed by atoms with Crippen molar-refractivity contribution in [2.24, 2.45) is 28.6 Å². The van der Waals surface area contributed by atoms with E-state index in [1.165, 1.54) is 0 Å². The van der Waals surface area contributed by atoms with E-state index in [4.69, 9.17) is 0 Å². The average molecular weight is 378 g/mol. The summed E-state index contributed by atoms with van der Waals surface area (Å²) in [6.45, 7) is 3.18. The zero-order chi connectivity index (χ0) is 19.8. The van der Waals surface area contributed by atoms with E-state index in [0.717, 1.165) is 5.57 Å². The van der Waals surface area contributed by atoms with Gasteiger partial charge in [0.15, 0.2) is 11.6 Å². The predicted octanol–water partition coefficient (Wildman–Crippen LogP) is 0.752. The summed E-state index contributed by atoms with van der Waals surface area (Å²) in [5.74, 6) is -0.713. The average Bonchev–Trinajstić information content (AvgIpc) is 2.87. The van der Waals surface area contributed by atoms with Crippen molar-refractivity contribution >= 4 is 11.6 Å². The highest BCUT2D eigenvalue weighted by molar-refractivity contribution is 5.92. The van der Waals surface area contributed by atoms with Gasteiger partial charge in [-0.3, -0.25) is 9.59 Å². The maximum atomic E-state index is 12.4. The number of Topliss-reactive ketones (excluding diaryl/α,β-unsaturated/α-hetero) is 1. The lowest BCUT2D eigenvalue weighted by atomic mass is 9.45. The molecular weight excluding hydrogens is 348 g/mol. The summed E-state index contributed by atoms with van der Waals surface area (Å²) in [6.07, 6.45) is 2.75. The van der Waals surface area contributed by atoms with E-state index < -0.39 is 41.0 Å². The Labute approximate surface area is 159 Å². The third kappa shape index (κ3) is 2.33. The lowest BCUT2D eigenvalue weighted by Crippen LogP contribution is -2.63. The van der Waals surface area contributed by atoms with E-state index in [9.17, 15) is 30.0 Å². The van der Waals surface area contributed by atoms with E-state index in [1.54, 1.807) is 6.08 Å². The lowest BCUT2D eigenvalue weighted by molar-refractivity contribution is -0.187. The minimum absolute atomic E-state index is 0.0166. The molecule has 6 heteroatoms. The molecule has 27 heavy (non-hydrogen) atoms. The molecular formula is C21H30O6. The van der Waals surface area contributed by atoms with Crippen LogP contribution in [0.1, 0.15) is 52.4 Å². The Balaban J connectivity index is 1.77. The summed E-state index contributed by atoms with van der Waals surface area (Å²) >= 11 is 0. The molecule has 0 amide bonds. The zero-order valence-electron chi connectivity index (χ0n) is 16.0. The summed E-state index contributed by atoms with van der Waals surface area (Å²) in [7, 11) is 0. The number of rotatable bonds is 2. The number of carbonyl (C=O) groups is 2. The third-order valence-electron chi connectivity index (χ3n) is 8.67. The van der Waals surface area contributed by atoms with Gasteiger partial charge in [0.2, 0.25) is 0 Å². The largest absolute Gasteiger partial charge is 0.393 e. The van der Waals surface area contributed by atoms with Crippen molar-refractivity contribution in [1.82, 2.24) is 0 Å². The van der Waals surface area contributed by atoms with Crippen LogP contribution in [0, 0.1) is 28.6 Å². The minimum Gasteiger partial charge on any atom is -0.393 e. The number of aliphatic hydroxyl groups excluding tert-OH is 3. The summed E-state index contributed by atoms with van der Waals surface area (Å²) in [5, 5.41) is 42.6. The molecule has 0 aromatic carbocycles. The summed E-state index contributed by atoms with van der Waals surface area (Å²) in [5.41, 5.74) is -2.17. The van der Waals surface area contributed by atoms with Gasteiger partial charge < -0.3 is 20.4 Å². The van der Waals surface area contributed by atoms with E-state index in [-0.39, 0.29) is 36.4 Å². The summed E-state index contributed by atoms with van der Waals surface area (Å²) in [6, 6.07) is 0. The normalized spacial score (nSPS) is 51.9. The number of hydrogen-bond donors (Lipinski definition) is 4. The lowest BCUT2D eigenvalue weighted by Gasteiger charge is -2.61. The van der Waals surface area contributed by atoms with Crippen molar-refractivity contribution in [1.29, 1.82) is 0 Å². The van der Waals surface area contributed by atoms with Crippen molar-refractivity contribution in [2.45, 2.75) is 70.2 Å². The van der Waals surface area contributed by atoms with Crippen LogP contribution in [-0.2, 0) is 9.59 Å². The van der Waals surface area contributed by atoms with Gasteiger partial charge >= 0.3 is 0 Å². The van der Waals surface area contributed by atoms with Gasteiger partial charge in [-0.2, -0.15) is 0 Å². The Morgan fingerprint density at radius 3 is 2.63 bits per heavy atom. The Morgan fingerprint density at radius 1 is 1.26 bits per heavy atom. The van der Waals surface area contributed by atoms with Crippen molar-refractivity contribution in [3.8, 4) is 0 Å². The maximum absolute atomic E-state index is 12.4. The van der Waals surface area contributed by atoms with Crippen molar-refractivity contribution in [3.63, 3.8) is 0 Å². The van der Waals surface area contributed by atoms with Crippen LogP contribution >= 0.6 is 0 Å². The van der Waals surface area contributed by atoms with Crippen LogP contribution in [0.3, 0.4) is 0 Å². The first kappa shape index (κ1) is 19.2. The maximum Gasteiger partial charge on any atom is 0.190 e. The summed E-state index contributed by atoms with van der Waals surface area (Å²) in [4.78, 5) is 24.3. The number of hydrogen-bond acceptors (Lipinski definition) is 6. The SMILES string of the molecule is C[C@]12CCC(=O)C=C1[C@@H](O)C[C@@H]1[C@H]2[C@@H](O)C[C@@]2(C)[C@H]1CC[C@]2(O)C(=O)CO. The number of carbonyl (C=O) groups excluding carboxylic acids is 2. The van der Waals surface area contributed by atoms with Crippen LogP contribution in [0.5, 0.6) is 0 Å². The molecule has 4 N–H and O–H groups in total. The van der Waals surface area contributed by atoms with Gasteiger partial charge in [-0.25, -0.2) is 0 Å². The number of ketones is 2. The van der Waals surface area contributed by atoms with Gasteiger partial charge in [-0.15, -0.1) is 0 Å². The van der Waals surface area contributed by atoms with Crippen LogP contribution < -0.4 is 0 Å². The molecule has 0 radical (unpaired) electrons. The molecule has 0 spiro atoms. The van der Waals surface area contributed by atoms with Crippen LogP contribution in [0.25, 0.3) is 0 Å². The molecule has 8 atom stereocenters. The van der Waals surface area contributed by atoms with Gasteiger partial charge in [0.1, 0.15) is 12.2 Å². The molecule has 3 saturated carbocycles. The highest BCUT2D eigenvalue weighted by Gasteiger charge is 2.68. The molecule has 0 saturated heterocycles. The standard InChI is InChI=1S/C21H30O6/c1-19-5-3-11(23)7-14(19)15(24)8-12-13-4-6-21(27,17(26)10-22)20(13,2)9-16(25)18(12)19/h7,12-13,15-16,18,22,24-25,27H,3-6,8-10H2,1-2H3/t12-,13-,15-,16-,18-,19-,20-,21-/m0/s1.